The van der Waals surface area contributed by atoms with Gasteiger partial charge in [-0.15, -0.1) is 0 Å². The van der Waals surface area contributed by atoms with Crippen LogP contribution >= 0.6 is 0 Å². The second kappa shape index (κ2) is 7.87. The fourth-order valence-corrected chi connectivity index (χ4v) is 3.77. The minimum absolute atomic E-state index is 0.102. The van der Waals surface area contributed by atoms with E-state index in [1.807, 2.05) is 0 Å². The summed E-state index contributed by atoms with van der Waals surface area (Å²) in [5.41, 5.74) is 0.102. The zero-order valence-electron chi connectivity index (χ0n) is 15.1. The van der Waals surface area contributed by atoms with Crippen LogP contribution in [-0.4, -0.2) is 28.2 Å². The van der Waals surface area contributed by atoms with Gasteiger partial charge in [0, 0.05) is 24.1 Å². The highest BCUT2D eigenvalue weighted by atomic mass is 32.2. The highest BCUT2D eigenvalue weighted by Gasteiger charge is 2.23. The fourth-order valence-electron chi connectivity index (χ4n) is 2.57. The van der Waals surface area contributed by atoms with E-state index in [0.717, 1.165) is 18.2 Å². The van der Waals surface area contributed by atoms with E-state index < -0.39 is 26.6 Å². The van der Waals surface area contributed by atoms with Gasteiger partial charge in [0.15, 0.2) is 10.7 Å². The van der Waals surface area contributed by atoms with Gasteiger partial charge >= 0.3 is 0 Å². The third kappa shape index (κ3) is 4.10. The Morgan fingerprint density at radius 3 is 2.37 bits per heavy atom. The number of ether oxygens (including phenoxy) is 1. The van der Waals surface area contributed by atoms with E-state index in [1.54, 1.807) is 24.5 Å². The van der Waals surface area contributed by atoms with Crippen molar-refractivity contribution in [2.45, 2.75) is 4.90 Å². The van der Waals surface area contributed by atoms with Crippen LogP contribution in [0.1, 0.15) is 0 Å². The molecule has 2 aromatic carbocycles. The summed E-state index contributed by atoms with van der Waals surface area (Å²) in [6.45, 7) is 0. The fraction of sp³-hybridized carbons (Fsp3) is 0. The van der Waals surface area contributed by atoms with E-state index in [2.05, 4.69) is 19.8 Å². The molecule has 0 aliphatic heterocycles. The van der Waals surface area contributed by atoms with E-state index in [0.29, 0.717) is 11.6 Å². The third-order valence-electron chi connectivity index (χ3n) is 3.88. The smallest absolute Gasteiger partial charge is 0.267 e. The van der Waals surface area contributed by atoms with Gasteiger partial charge in [0.2, 0.25) is 5.88 Å². The van der Waals surface area contributed by atoms with E-state index in [-0.39, 0.29) is 11.6 Å². The lowest BCUT2D eigenvalue weighted by Gasteiger charge is -2.11. The predicted molar refractivity (Wildman–Crippen MR) is 103 cm³/mol. The van der Waals surface area contributed by atoms with Gasteiger partial charge < -0.3 is 4.74 Å². The molecule has 4 rings (SSSR count). The first kappa shape index (κ1) is 19.5. The van der Waals surface area contributed by atoms with E-state index >= 15 is 0 Å². The summed E-state index contributed by atoms with van der Waals surface area (Å²) >= 11 is 0. The summed E-state index contributed by atoms with van der Waals surface area (Å²) in [5, 5.41) is 4.07. The first-order valence-electron chi connectivity index (χ1n) is 8.49. The topological polar surface area (TPSA) is 99.0 Å². The lowest BCUT2D eigenvalue weighted by molar-refractivity contribution is 0.460. The average molecular weight is 429 g/mol. The molecule has 30 heavy (non-hydrogen) atoms. The summed E-state index contributed by atoms with van der Waals surface area (Å²) in [5.74, 6) is -1.25. The quantitative estimate of drug-likeness (QED) is 0.503. The highest BCUT2D eigenvalue weighted by Crippen LogP contribution is 2.25. The molecule has 0 saturated heterocycles. The molecule has 0 spiro atoms. The number of hydrogen-bond donors (Lipinski definition) is 1. The molecule has 0 unspecified atom stereocenters. The average Bonchev–Trinajstić information content (AvgIpc) is 3.24. The van der Waals surface area contributed by atoms with Crippen molar-refractivity contribution < 1.29 is 21.9 Å². The van der Waals surface area contributed by atoms with Crippen LogP contribution < -0.4 is 9.46 Å². The van der Waals surface area contributed by atoms with Crippen LogP contribution in [0.5, 0.6) is 11.6 Å². The molecule has 1 N–H and O–H groups in total. The van der Waals surface area contributed by atoms with Crippen LogP contribution in [0.3, 0.4) is 0 Å². The van der Waals surface area contributed by atoms with Crippen molar-refractivity contribution in [3.63, 3.8) is 0 Å². The van der Waals surface area contributed by atoms with Crippen LogP contribution in [0.2, 0.25) is 0 Å². The number of rotatable bonds is 6. The maximum atomic E-state index is 13.8. The first-order valence-corrected chi connectivity index (χ1v) is 9.97. The van der Waals surface area contributed by atoms with Crippen LogP contribution in [0.15, 0.2) is 78.2 Å². The van der Waals surface area contributed by atoms with Crippen molar-refractivity contribution in [1.82, 2.24) is 19.7 Å². The van der Waals surface area contributed by atoms with Crippen molar-refractivity contribution >= 4 is 15.7 Å². The number of nitrogens with one attached hydrogen (secondary N) is 1. The van der Waals surface area contributed by atoms with Gasteiger partial charge in [-0.05, 0) is 42.5 Å². The minimum atomic E-state index is -4.45. The van der Waals surface area contributed by atoms with Gasteiger partial charge in [-0.2, -0.15) is 5.10 Å². The number of benzene rings is 2. The molecule has 0 radical (unpaired) electrons. The van der Waals surface area contributed by atoms with E-state index in [9.17, 15) is 17.2 Å². The Kier molecular flexibility index (Phi) is 5.11. The molecule has 8 nitrogen and oxygen atoms in total. The lowest BCUT2D eigenvalue weighted by atomic mass is 10.3. The first-order chi connectivity index (χ1) is 14.4. The predicted octanol–water partition coefficient (Wildman–Crippen LogP) is 3.53. The molecule has 11 heteroatoms. The summed E-state index contributed by atoms with van der Waals surface area (Å²) < 4.78 is 61.5. The van der Waals surface area contributed by atoms with Gasteiger partial charge in [-0.25, -0.2) is 31.8 Å². The molecular weight excluding hydrogens is 416 g/mol. The van der Waals surface area contributed by atoms with Gasteiger partial charge in [-0.3, -0.25) is 4.72 Å². The SMILES string of the molecule is O=S(=O)(Nc1ccc(Oc2cc(-n3cccn3)ncn2)cc1)c1c(F)cccc1F. The third-order valence-corrected chi connectivity index (χ3v) is 5.32. The molecule has 0 amide bonds. The number of halogens is 2. The van der Waals surface area contributed by atoms with Gasteiger partial charge in [0.05, 0.1) is 0 Å². The summed E-state index contributed by atoms with van der Waals surface area (Å²) in [7, 11) is -4.45. The van der Waals surface area contributed by atoms with Crippen LogP contribution in [0.4, 0.5) is 14.5 Å². The highest BCUT2D eigenvalue weighted by molar-refractivity contribution is 7.92. The Morgan fingerprint density at radius 1 is 0.967 bits per heavy atom. The van der Waals surface area contributed by atoms with Crippen molar-refractivity contribution in [3.8, 4) is 17.4 Å². The molecule has 4 aromatic rings. The maximum Gasteiger partial charge on any atom is 0.267 e. The zero-order chi connectivity index (χ0) is 21.1. The van der Waals surface area contributed by atoms with Crippen molar-refractivity contribution in [2.75, 3.05) is 4.72 Å². The number of anilines is 1. The second-order valence-electron chi connectivity index (χ2n) is 5.95. The molecule has 2 heterocycles. The standard InChI is InChI=1S/C19H13F2N5O3S/c20-15-3-1-4-16(21)19(15)30(27,28)25-13-5-7-14(8-6-13)29-18-11-17(22-12-23-18)26-10-2-9-24-26/h1-12,25H. The molecule has 152 valence electrons. The summed E-state index contributed by atoms with van der Waals surface area (Å²) in [6, 6.07) is 11.9. The van der Waals surface area contributed by atoms with E-state index in [1.165, 1.54) is 35.3 Å². The number of nitrogens with zero attached hydrogens (tertiary/aromatic N) is 4. The molecular formula is C19H13F2N5O3S. The molecule has 0 aliphatic rings. The molecule has 0 atom stereocenters. The largest absolute Gasteiger partial charge is 0.439 e. The molecule has 0 fully saturated rings. The van der Waals surface area contributed by atoms with Crippen molar-refractivity contribution in [1.29, 1.82) is 0 Å². The summed E-state index contributed by atoms with van der Waals surface area (Å²) in [4.78, 5) is 7.06. The zero-order valence-corrected chi connectivity index (χ0v) is 15.9. The number of hydrogen-bond acceptors (Lipinski definition) is 6. The van der Waals surface area contributed by atoms with Gasteiger partial charge in [0.25, 0.3) is 10.0 Å². The second-order valence-corrected chi connectivity index (χ2v) is 7.57. The van der Waals surface area contributed by atoms with Crippen LogP contribution in [-0.2, 0) is 10.0 Å². The Hall–Kier alpha value is -3.86. The molecule has 0 bridgehead atoms. The lowest BCUT2D eigenvalue weighted by Crippen LogP contribution is -2.16. The normalized spacial score (nSPS) is 11.3. The van der Waals surface area contributed by atoms with Gasteiger partial charge in [0.1, 0.15) is 23.7 Å². The van der Waals surface area contributed by atoms with Crippen molar-refractivity contribution in [2.24, 2.45) is 0 Å². The maximum absolute atomic E-state index is 13.8. The Labute approximate surface area is 169 Å². The molecule has 2 aromatic heterocycles. The minimum Gasteiger partial charge on any atom is -0.439 e. The number of sulfonamides is 1. The van der Waals surface area contributed by atoms with Gasteiger partial charge in [-0.1, -0.05) is 6.07 Å². The Morgan fingerprint density at radius 2 is 1.70 bits per heavy atom. The monoisotopic (exact) mass is 429 g/mol. The summed E-state index contributed by atoms with van der Waals surface area (Å²) in [6.07, 6.45) is 4.64. The number of aromatic nitrogens is 4. The van der Waals surface area contributed by atoms with E-state index in [4.69, 9.17) is 4.74 Å². The Balaban J connectivity index is 1.51. The molecule has 0 aliphatic carbocycles. The van der Waals surface area contributed by atoms with Crippen LogP contribution in [0, 0.1) is 11.6 Å². The Bertz CT molecular complexity index is 1260. The van der Waals surface area contributed by atoms with Crippen molar-refractivity contribution in [3.05, 3.63) is 85.0 Å². The molecule has 0 saturated carbocycles. The van der Waals surface area contributed by atoms with Crippen LogP contribution in [0.25, 0.3) is 5.82 Å².